The van der Waals surface area contributed by atoms with Crippen LogP contribution < -0.4 is 0 Å². The Morgan fingerprint density at radius 2 is 2.11 bits per heavy atom. The number of carboxylic acids is 1. The summed E-state index contributed by atoms with van der Waals surface area (Å²) in [7, 11) is 0. The number of carbonyl (C=O) groups excluding carboxylic acids is 3. The second-order valence-corrected chi connectivity index (χ2v) is 3.59. The van der Waals surface area contributed by atoms with Crippen LogP contribution in [0.5, 0.6) is 0 Å². The SMILES string of the molecule is CCOC(=O)C1OC(=O)CC1(OC(C)=O)C(=O)O. The third-order valence-corrected chi connectivity index (χ3v) is 2.27. The van der Waals surface area contributed by atoms with Crippen LogP contribution in [0.1, 0.15) is 20.3 Å². The minimum Gasteiger partial charge on any atom is -0.478 e. The number of aliphatic carboxylic acids is 1. The summed E-state index contributed by atoms with van der Waals surface area (Å²) in [5.41, 5.74) is -2.35. The van der Waals surface area contributed by atoms with Gasteiger partial charge in [-0.3, -0.25) is 9.59 Å². The zero-order valence-corrected chi connectivity index (χ0v) is 9.80. The predicted molar refractivity (Wildman–Crippen MR) is 53.3 cm³/mol. The highest BCUT2D eigenvalue weighted by Crippen LogP contribution is 2.32. The molecule has 1 heterocycles. The maximum Gasteiger partial charge on any atom is 0.353 e. The van der Waals surface area contributed by atoms with Crippen LogP contribution in [-0.2, 0) is 33.4 Å². The van der Waals surface area contributed by atoms with Gasteiger partial charge >= 0.3 is 23.9 Å². The molecule has 2 unspecified atom stereocenters. The standard InChI is InChI=1S/C10H12O8/c1-3-16-8(13)7-10(9(14)15,18-5(2)11)4-6(12)17-7/h7H,3-4H2,1-2H3,(H,14,15). The largest absolute Gasteiger partial charge is 0.478 e. The average Bonchev–Trinajstić information content (AvgIpc) is 2.56. The molecule has 1 saturated heterocycles. The van der Waals surface area contributed by atoms with Crippen molar-refractivity contribution >= 4 is 23.9 Å². The Hall–Kier alpha value is -2.12. The molecule has 8 heteroatoms. The molecule has 0 aromatic carbocycles. The summed E-state index contributed by atoms with van der Waals surface area (Å²) in [5.74, 6) is -4.59. The summed E-state index contributed by atoms with van der Waals surface area (Å²) >= 11 is 0. The molecule has 1 aliphatic heterocycles. The molecule has 0 radical (unpaired) electrons. The highest BCUT2D eigenvalue weighted by Gasteiger charge is 2.62. The lowest BCUT2D eigenvalue weighted by Crippen LogP contribution is -2.53. The van der Waals surface area contributed by atoms with Gasteiger partial charge in [-0.05, 0) is 6.92 Å². The van der Waals surface area contributed by atoms with Crippen LogP contribution in [0.15, 0.2) is 0 Å². The van der Waals surface area contributed by atoms with Gasteiger partial charge in [0.05, 0.1) is 6.61 Å². The van der Waals surface area contributed by atoms with Gasteiger partial charge < -0.3 is 19.3 Å². The van der Waals surface area contributed by atoms with Crippen molar-refractivity contribution in [2.45, 2.75) is 32.0 Å². The molecule has 0 aromatic rings. The van der Waals surface area contributed by atoms with Crippen LogP contribution in [0.25, 0.3) is 0 Å². The van der Waals surface area contributed by atoms with Gasteiger partial charge in [0.25, 0.3) is 5.60 Å². The van der Waals surface area contributed by atoms with Crippen molar-refractivity contribution in [2.24, 2.45) is 0 Å². The van der Waals surface area contributed by atoms with E-state index in [1.54, 1.807) is 0 Å². The van der Waals surface area contributed by atoms with Gasteiger partial charge in [0.2, 0.25) is 6.10 Å². The number of hydrogen-bond acceptors (Lipinski definition) is 7. The molecule has 18 heavy (non-hydrogen) atoms. The van der Waals surface area contributed by atoms with Crippen molar-refractivity contribution in [2.75, 3.05) is 6.61 Å². The highest BCUT2D eigenvalue weighted by molar-refractivity contribution is 5.97. The summed E-state index contributed by atoms with van der Waals surface area (Å²) < 4.78 is 13.8. The second-order valence-electron chi connectivity index (χ2n) is 3.59. The van der Waals surface area contributed by atoms with E-state index >= 15 is 0 Å². The normalized spacial score (nSPS) is 26.3. The zero-order valence-electron chi connectivity index (χ0n) is 9.80. The highest BCUT2D eigenvalue weighted by atomic mass is 16.6. The second kappa shape index (κ2) is 5.03. The lowest BCUT2D eigenvalue weighted by molar-refractivity contribution is -0.191. The van der Waals surface area contributed by atoms with E-state index in [0.717, 1.165) is 6.92 Å². The molecule has 0 spiro atoms. The number of ether oxygens (including phenoxy) is 3. The van der Waals surface area contributed by atoms with E-state index in [-0.39, 0.29) is 6.61 Å². The molecule has 2 atom stereocenters. The summed E-state index contributed by atoms with van der Waals surface area (Å²) in [6, 6.07) is 0. The van der Waals surface area contributed by atoms with Crippen LogP contribution in [0.2, 0.25) is 0 Å². The van der Waals surface area contributed by atoms with Crippen molar-refractivity contribution in [3.05, 3.63) is 0 Å². The van der Waals surface area contributed by atoms with Gasteiger partial charge in [0.1, 0.15) is 6.42 Å². The Morgan fingerprint density at radius 1 is 1.50 bits per heavy atom. The van der Waals surface area contributed by atoms with Crippen molar-refractivity contribution in [1.82, 2.24) is 0 Å². The number of esters is 3. The summed E-state index contributed by atoms with van der Waals surface area (Å²) in [6.45, 7) is 2.45. The molecule has 0 saturated carbocycles. The van der Waals surface area contributed by atoms with Crippen LogP contribution in [0.3, 0.4) is 0 Å². The molecule has 0 amide bonds. The van der Waals surface area contributed by atoms with E-state index < -0.39 is 42.0 Å². The minimum atomic E-state index is -2.35. The lowest BCUT2D eigenvalue weighted by Gasteiger charge is -2.25. The first-order valence-corrected chi connectivity index (χ1v) is 5.12. The van der Waals surface area contributed by atoms with Gasteiger partial charge in [-0.25, -0.2) is 9.59 Å². The van der Waals surface area contributed by atoms with E-state index in [1.165, 1.54) is 6.92 Å². The molecule has 8 nitrogen and oxygen atoms in total. The Bertz CT molecular complexity index is 401. The number of cyclic esters (lactones) is 1. The van der Waals surface area contributed by atoms with Gasteiger partial charge in [0, 0.05) is 6.92 Å². The van der Waals surface area contributed by atoms with E-state index in [0.29, 0.717) is 0 Å². The lowest BCUT2D eigenvalue weighted by atomic mass is 9.95. The number of carboxylic acid groups (broad SMARTS) is 1. The van der Waals surface area contributed by atoms with Gasteiger partial charge in [-0.15, -0.1) is 0 Å². The summed E-state index contributed by atoms with van der Waals surface area (Å²) in [5, 5.41) is 9.10. The van der Waals surface area contributed by atoms with Crippen LogP contribution in [0, 0.1) is 0 Å². The predicted octanol–water partition coefficient (Wildman–Crippen LogP) is -0.748. The van der Waals surface area contributed by atoms with Crippen LogP contribution in [0.4, 0.5) is 0 Å². The van der Waals surface area contributed by atoms with Crippen molar-refractivity contribution in [3.63, 3.8) is 0 Å². The zero-order chi connectivity index (χ0) is 13.9. The maximum atomic E-state index is 11.5. The van der Waals surface area contributed by atoms with Crippen molar-refractivity contribution in [3.8, 4) is 0 Å². The molecule has 1 rings (SSSR count). The van der Waals surface area contributed by atoms with E-state index in [4.69, 9.17) is 5.11 Å². The quantitative estimate of drug-likeness (QED) is 0.518. The first-order chi connectivity index (χ1) is 8.33. The average molecular weight is 260 g/mol. The minimum absolute atomic E-state index is 0.0251. The van der Waals surface area contributed by atoms with Crippen LogP contribution >= 0.6 is 0 Å². The molecular weight excluding hydrogens is 248 g/mol. The third kappa shape index (κ3) is 2.41. The number of rotatable bonds is 4. The summed E-state index contributed by atoms with van der Waals surface area (Å²) in [4.78, 5) is 44.9. The van der Waals surface area contributed by atoms with Crippen molar-refractivity contribution in [1.29, 1.82) is 0 Å². The fraction of sp³-hybridized carbons (Fsp3) is 0.600. The maximum absolute atomic E-state index is 11.5. The third-order valence-electron chi connectivity index (χ3n) is 2.27. The fourth-order valence-electron chi connectivity index (χ4n) is 1.61. The van der Waals surface area contributed by atoms with Crippen molar-refractivity contribution < 1.29 is 38.5 Å². The Balaban J connectivity index is 3.11. The number of carbonyl (C=O) groups is 4. The molecule has 1 N–H and O–H groups in total. The Labute approximate surface area is 102 Å². The van der Waals surface area contributed by atoms with Gasteiger partial charge in [0.15, 0.2) is 0 Å². The van der Waals surface area contributed by atoms with Crippen LogP contribution in [-0.4, -0.2) is 47.3 Å². The molecule has 1 fully saturated rings. The van der Waals surface area contributed by atoms with E-state index in [2.05, 4.69) is 14.2 Å². The number of hydrogen-bond donors (Lipinski definition) is 1. The molecule has 1 aliphatic rings. The topological polar surface area (TPSA) is 116 Å². The first-order valence-electron chi connectivity index (χ1n) is 5.12. The molecule has 0 aliphatic carbocycles. The van der Waals surface area contributed by atoms with E-state index in [9.17, 15) is 19.2 Å². The van der Waals surface area contributed by atoms with Gasteiger partial charge in [-0.2, -0.15) is 0 Å². The molecule has 100 valence electrons. The monoisotopic (exact) mass is 260 g/mol. The molecule has 0 bridgehead atoms. The smallest absolute Gasteiger partial charge is 0.353 e. The molecule has 0 aromatic heterocycles. The molecular formula is C10H12O8. The Kier molecular flexibility index (Phi) is 3.89. The Morgan fingerprint density at radius 3 is 2.56 bits per heavy atom. The van der Waals surface area contributed by atoms with E-state index in [1.807, 2.05) is 0 Å². The first kappa shape index (κ1) is 13.9. The fourth-order valence-corrected chi connectivity index (χ4v) is 1.61. The van der Waals surface area contributed by atoms with Gasteiger partial charge in [-0.1, -0.05) is 0 Å². The summed E-state index contributed by atoms with van der Waals surface area (Å²) in [6.07, 6.45) is -2.52.